The minimum atomic E-state index is 0.895. The lowest BCUT2D eigenvalue weighted by Gasteiger charge is -2.29. The molecule has 0 unspecified atom stereocenters. The standard InChI is InChI=1S/C13H16N4/c1-16-7-11(6-15-16)8-17-9-12-4-2-3-5-13(12)14-10-17/h2-7,14H,8-10H2,1H3. The average molecular weight is 228 g/mol. The second-order valence-electron chi connectivity index (χ2n) is 4.50. The van der Waals surface area contributed by atoms with Crippen LogP contribution in [0.15, 0.2) is 36.7 Å². The predicted octanol–water partition coefficient (Wildman–Crippen LogP) is 1.81. The highest BCUT2D eigenvalue weighted by molar-refractivity contribution is 5.52. The van der Waals surface area contributed by atoms with E-state index in [-0.39, 0.29) is 0 Å². The van der Waals surface area contributed by atoms with E-state index in [0.717, 1.165) is 19.8 Å². The summed E-state index contributed by atoms with van der Waals surface area (Å²) in [6.07, 6.45) is 4.00. The van der Waals surface area contributed by atoms with Crippen molar-refractivity contribution >= 4 is 5.69 Å². The molecule has 0 spiro atoms. The van der Waals surface area contributed by atoms with E-state index in [0.29, 0.717) is 0 Å². The molecule has 4 heteroatoms. The van der Waals surface area contributed by atoms with Gasteiger partial charge in [0.05, 0.1) is 12.9 Å². The Morgan fingerprint density at radius 2 is 2.24 bits per heavy atom. The number of aromatic nitrogens is 2. The molecule has 0 aliphatic carbocycles. The van der Waals surface area contributed by atoms with Gasteiger partial charge in [0.2, 0.25) is 0 Å². The van der Waals surface area contributed by atoms with Gasteiger partial charge in [0.1, 0.15) is 0 Å². The summed E-state index contributed by atoms with van der Waals surface area (Å²) in [4.78, 5) is 2.37. The zero-order chi connectivity index (χ0) is 11.7. The van der Waals surface area contributed by atoms with E-state index in [1.54, 1.807) is 0 Å². The minimum Gasteiger partial charge on any atom is -0.372 e. The first kappa shape index (κ1) is 10.4. The van der Waals surface area contributed by atoms with Crippen LogP contribution in [0.1, 0.15) is 11.1 Å². The fourth-order valence-electron chi connectivity index (χ4n) is 2.25. The summed E-state index contributed by atoms with van der Waals surface area (Å²) in [5.41, 5.74) is 3.88. The van der Waals surface area contributed by atoms with Gasteiger partial charge in [-0.25, -0.2) is 0 Å². The Bertz CT molecular complexity index is 518. The number of rotatable bonds is 2. The quantitative estimate of drug-likeness (QED) is 0.851. The first-order chi connectivity index (χ1) is 8.31. The molecule has 0 saturated heterocycles. The fraction of sp³-hybridized carbons (Fsp3) is 0.308. The van der Waals surface area contributed by atoms with Crippen LogP contribution in [0, 0.1) is 0 Å². The lowest BCUT2D eigenvalue weighted by molar-refractivity contribution is 0.267. The third-order valence-electron chi connectivity index (χ3n) is 3.07. The maximum atomic E-state index is 4.20. The van der Waals surface area contributed by atoms with E-state index in [1.165, 1.54) is 16.8 Å². The van der Waals surface area contributed by atoms with Crippen LogP contribution >= 0.6 is 0 Å². The van der Waals surface area contributed by atoms with Crippen LogP contribution in [-0.2, 0) is 20.1 Å². The topological polar surface area (TPSA) is 33.1 Å². The fourth-order valence-corrected chi connectivity index (χ4v) is 2.25. The van der Waals surface area contributed by atoms with Gasteiger partial charge >= 0.3 is 0 Å². The Labute approximate surface area is 101 Å². The predicted molar refractivity (Wildman–Crippen MR) is 67.4 cm³/mol. The van der Waals surface area contributed by atoms with Gasteiger partial charge < -0.3 is 5.32 Å². The van der Waals surface area contributed by atoms with Gasteiger partial charge in [0.15, 0.2) is 0 Å². The number of anilines is 1. The molecule has 3 rings (SSSR count). The summed E-state index contributed by atoms with van der Waals surface area (Å²) in [5.74, 6) is 0. The number of fused-ring (bicyclic) bond motifs is 1. The smallest absolute Gasteiger partial charge is 0.0684 e. The number of hydrogen-bond donors (Lipinski definition) is 1. The molecule has 0 atom stereocenters. The van der Waals surface area contributed by atoms with Crippen LogP contribution in [0.25, 0.3) is 0 Å². The van der Waals surface area contributed by atoms with Crippen LogP contribution in [-0.4, -0.2) is 21.3 Å². The highest BCUT2D eigenvalue weighted by Gasteiger charge is 2.15. The molecule has 4 nitrogen and oxygen atoms in total. The Morgan fingerprint density at radius 1 is 1.35 bits per heavy atom. The van der Waals surface area contributed by atoms with Crippen LogP contribution < -0.4 is 5.32 Å². The molecule has 2 aromatic rings. The number of nitrogens with one attached hydrogen (secondary N) is 1. The second-order valence-corrected chi connectivity index (χ2v) is 4.50. The highest BCUT2D eigenvalue weighted by atomic mass is 15.3. The van der Waals surface area contributed by atoms with Gasteiger partial charge in [-0.15, -0.1) is 0 Å². The van der Waals surface area contributed by atoms with Crippen molar-refractivity contribution in [2.75, 3.05) is 12.0 Å². The Morgan fingerprint density at radius 3 is 3.06 bits per heavy atom. The lowest BCUT2D eigenvalue weighted by atomic mass is 10.1. The largest absolute Gasteiger partial charge is 0.372 e. The Balaban J connectivity index is 1.72. The number of hydrogen-bond acceptors (Lipinski definition) is 3. The molecule has 1 aliphatic rings. The molecule has 0 bridgehead atoms. The first-order valence-electron chi connectivity index (χ1n) is 5.83. The Hall–Kier alpha value is -1.81. The number of nitrogens with zero attached hydrogens (tertiary/aromatic N) is 3. The molecule has 1 N–H and O–H groups in total. The molecular weight excluding hydrogens is 212 g/mol. The third-order valence-corrected chi connectivity index (χ3v) is 3.07. The lowest BCUT2D eigenvalue weighted by Crippen LogP contribution is -2.32. The van der Waals surface area contributed by atoms with Crippen LogP contribution in [0.2, 0.25) is 0 Å². The molecule has 1 aromatic heterocycles. The van der Waals surface area contributed by atoms with E-state index < -0.39 is 0 Å². The molecule has 0 saturated carbocycles. The maximum Gasteiger partial charge on any atom is 0.0684 e. The summed E-state index contributed by atoms with van der Waals surface area (Å²) in [6.45, 7) is 2.83. The zero-order valence-electron chi connectivity index (χ0n) is 9.93. The first-order valence-corrected chi connectivity index (χ1v) is 5.83. The summed E-state index contributed by atoms with van der Waals surface area (Å²) in [6, 6.07) is 8.48. The summed E-state index contributed by atoms with van der Waals surface area (Å²) in [7, 11) is 1.95. The second kappa shape index (κ2) is 4.22. The van der Waals surface area contributed by atoms with Crippen molar-refractivity contribution in [3.05, 3.63) is 47.8 Å². The van der Waals surface area contributed by atoms with E-state index in [1.807, 2.05) is 17.9 Å². The van der Waals surface area contributed by atoms with Gasteiger partial charge in [0.25, 0.3) is 0 Å². The zero-order valence-corrected chi connectivity index (χ0v) is 9.93. The minimum absolute atomic E-state index is 0.895. The van der Waals surface area contributed by atoms with Gasteiger partial charge in [-0.2, -0.15) is 5.10 Å². The van der Waals surface area contributed by atoms with Gasteiger partial charge in [-0.05, 0) is 11.6 Å². The molecule has 0 radical (unpaired) electrons. The molecule has 1 aromatic carbocycles. The summed E-state index contributed by atoms with van der Waals surface area (Å²) < 4.78 is 1.85. The molecular formula is C13H16N4. The molecule has 88 valence electrons. The molecule has 0 amide bonds. The van der Waals surface area contributed by atoms with Crippen molar-refractivity contribution in [2.24, 2.45) is 7.05 Å². The highest BCUT2D eigenvalue weighted by Crippen LogP contribution is 2.22. The third kappa shape index (κ3) is 2.17. The molecule has 0 fully saturated rings. The van der Waals surface area contributed by atoms with Crippen molar-refractivity contribution in [2.45, 2.75) is 13.1 Å². The number of aryl methyl sites for hydroxylation is 1. The van der Waals surface area contributed by atoms with Gasteiger partial charge in [0, 0.05) is 37.6 Å². The SMILES string of the molecule is Cn1cc(CN2CNc3ccccc3C2)cn1. The van der Waals surface area contributed by atoms with Crippen LogP contribution in [0.3, 0.4) is 0 Å². The normalized spacial score (nSPS) is 15.4. The van der Waals surface area contributed by atoms with Gasteiger partial charge in [-0.1, -0.05) is 18.2 Å². The van der Waals surface area contributed by atoms with Crippen molar-refractivity contribution in [1.82, 2.24) is 14.7 Å². The number of para-hydroxylation sites is 1. The monoisotopic (exact) mass is 228 g/mol. The molecule has 17 heavy (non-hydrogen) atoms. The summed E-state index contributed by atoms with van der Waals surface area (Å²) >= 11 is 0. The van der Waals surface area contributed by atoms with Crippen molar-refractivity contribution in [3.63, 3.8) is 0 Å². The van der Waals surface area contributed by atoms with Crippen molar-refractivity contribution in [1.29, 1.82) is 0 Å². The van der Waals surface area contributed by atoms with Crippen molar-refractivity contribution in [3.8, 4) is 0 Å². The van der Waals surface area contributed by atoms with Crippen LogP contribution in [0.5, 0.6) is 0 Å². The van der Waals surface area contributed by atoms with E-state index in [4.69, 9.17) is 0 Å². The van der Waals surface area contributed by atoms with E-state index in [2.05, 4.69) is 45.8 Å². The molecule has 2 heterocycles. The average Bonchev–Trinajstić information content (AvgIpc) is 2.75. The van der Waals surface area contributed by atoms with E-state index in [9.17, 15) is 0 Å². The Kier molecular flexibility index (Phi) is 2.57. The summed E-state index contributed by atoms with van der Waals surface area (Å²) in [5, 5.41) is 7.63. The van der Waals surface area contributed by atoms with E-state index >= 15 is 0 Å². The van der Waals surface area contributed by atoms with Crippen LogP contribution in [0.4, 0.5) is 5.69 Å². The van der Waals surface area contributed by atoms with Gasteiger partial charge in [-0.3, -0.25) is 9.58 Å². The maximum absolute atomic E-state index is 4.20. The molecule has 1 aliphatic heterocycles. The van der Waals surface area contributed by atoms with Crippen molar-refractivity contribution < 1.29 is 0 Å². The number of benzene rings is 1.